The molecule has 0 aromatic carbocycles. The summed E-state index contributed by atoms with van der Waals surface area (Å²) >= 11 is 0. The van der Waals surface area contributed by atoms with Gasteiger partial charge >= 0.3 is 5.97 Å². The van der Waals surface area contributed by atoms with Gasteiger partial charge in [-0.2, -0.15) is 0 Å². The number of aliphatic hydroxyl groups is 1. The topological polar surface area (TPSA) is 70.0 Å². The van der Waals surface area contributed by atoms with Crippen molar-refractivity contribution in [3.8, 4) is 0 Å². The van der Waals surface area contributed by atoms with Crippen LogP contribution in [0, 0.1) is 0 Å². The van der Waals surface area contributed by atoms with E-state index >= 15 is 0 Å². The average Bonchev–Trinajstić information content (AvgIpc) is 1.81. The highest BCUT2D eigenvalue weighted by molar-refractivity contribution is 5.68. The lowest BCUT2D eigenvalue weighted by molar-refractivity contribution is -0.233. The molecule has 0 fully saturated rings. The molecule has 0 heterocycles. The van der Waals surface area contributed by atoms with Crippen molar-refractivity contribution >= 4 is 5.97 Å². The maximum absolute atomic E-state index is 10.3. The van der Waals surface area contributed by atoms with Crippen LogP contribution in [0.3, 0.4) is 0 Å². The Bertz CT molecular complexity index is 175. The molecule has 0 aliphatic carbocycles. The SMILES string of the molecule is CN(CC(=O)O)C(O)OC(C)(C)C. The molecule has 0 saturated carbocycles. The largest absolute Gasteiger partial charge is 0.480 e. The van der Waals surface area contributed by atoms with E-state index in [1.807, 2.05) is 0 Å². The van der Waals surface area contributed by atoms with Crippen LogP contribution < -0.4 is 0 Å². The highest BCUT2D eigenvalue weighted by Gasteiger charge is 2.21. The molecule has 2 N–H and O–H groups in total. The lowest BCUT2D eigenvalue weighted by atomic mass is 10.2. The first kappa shape index (κ1) is 12.3. The number of nitrogens with zero attached hydrogens (tertiary/aromatic N) is 1. The molecule has 0 saturated heterocycles. The number of likely N-dealkylation sites (N-methyl/N-ethyl adjacent to an activating group) is 1. The molecule has 0 spiro atoms. The Balaban J connectivity index is 3.96. The summed E-state index contributed by atoms with van der Waals surface area (Å²) in [7, 11) is 1.48. The van der Waals surface area contributed by atoms with Crippen LogP contribution in [0.1, 0.15) is 20.8 Å². The van der Waals surface area contributed by atoms with Gasteiger partial charge in [0.2, 0.25) is 6.41 Å². The lowest BCUT2D eigenvalue weighted by Crippen LogP contribution is -2.41. The number of carbonyl (C=O) groups is 1. The third-order valence-electron chi connectivity index (χ3n) is 1.22. The number of rotatable bonds is 4. The molecule has 78 valence electrons. The van der Waals surface area contributed by atoms with E-state index in [4.69, 9.17) is 9.84 Å². The summed E-state index contributed by atoms with van der Waals surface area (Å²) in [5.74, 6) is -1.00. The Hall–Kier alpha value is -0.650. The zero-order valence-corrected chi connectivity index (χ0v) is 8.44. The van der Waals surface area contributed by atoms with Crippen LogP contribution in [-0.2, 0) is 9.53 Å². The van der Waals surface area contributed by atoms with Crippen molar-refractivity contribution < 1.29 is 19.7 Å². The molecular weight excluding hydrogens is 174 g/mol. The molecule has 0 rings (SSSR count). The second kappa shape index (κ2) is 4.55. The fourth-order valence-corrected chi connectivity index (χ4v) is 0.698. The molecular formula is C8H17NO4. The van der Waals surface area contributed by atoms with Gasteiger partial charge in [-0.1, -0.05) is 0 Å². The van der Waals surface area contributed by atoms with E-state index in [1.54, 1.807) is 20.8 Å². The first-order valence-corrected chi connectivity index (χ1v) is 4.00. The van der Waals surface area contributed by atoms with E-state index < -0.39 is 18.0 Å². The van der Waals surface area contributed by atoms with Crippen LogP contribution in [0.2, 0.25) is 0 Å². The molecule has 0 aromatic heterocycles. The van der Waals surface area contributed by atoms with Gasteiger partial charge in [0.25, 0.3) is 0 Å². The van der Waals surface area contributed by atoms with Gasteiger partial charge in [0, 0.05) is 0 Å². The van der Waals surface area contributed by atoms with Crippen LogP contribution in [0.25, 0.3) is 0 Å². The number of aliphatic carboxylic acids is 1. The average molecular weight is 191 g/mol. The number of ether oxygens (including phenoxy) is 1. The molecule has 1 unspecified atom stereocenters. The van der Waals surface area contributed by atoms with E-state index in [2.05, 4.69) is 0 Å². The van der Waals surface area contributed by atoms with E-state index in [9.17, 15) is 9.90 Å². The number of aliphatic hydroxyl groups excluding tert-OH is 1. The standard InChI is InChI=1S/C8H17NO4/c1-8(2,3)13-7(12)9(4)5-6(10)11/h7,12H,5H2,1-4H3,(H,10,11). The summed E-state index contributed by atoms with van der Waals surface area (Å²) in [4.78, 5) is 11.5. The Kier molecular flexibility index (Phi) is 4.32. The second-order valence-electron chi connectivity index (χ2n) is 3.87. The van der Waals surface area contributed by atoms with Crippen molar-refractivity contribution in [3.05, 3.63) is 0 Å². The summed E-state index contributed by atoms with van der Waals surface area (Å²) in [6.45, 7) is 5.09. The van der Waals surface area contributed by atoms with Gasteiger partial charge in [0.1, 0.15) is 6.54 Å². The molecule has 0 bridgehead atoms. The summed E-state index contributed by atoms with van der Waals surface area (Å²) in [6, 6.07) is 0. The van der Waals surface area contributed by atoms with E-state index in [0.29, 0.717) is 0 Å². The van der Waals surface area contributed by atoms with Crippen molar-refractivity contribution in [1.82, 2.24) is 4.90 Å². The van der Waals surface area contributed by atoms with Crippen LogP contribution >= 0.6 is 0 Å². The maximum Gasteiger partial charge on any atom is 0.317 e. The molecule has 1 atom stereocenters. The van der Waals surface area contributed by atoms with Crippen molar-refractivity contribution in [1.29, 1.82) is 0 Å². The smallest absolute Gasteiger partial charge is 0.317 e. The number of hydrogen-bond acceptors (Lipinski definition) is 4. The molecule has 0 amide bonds. The van der Waals surface area contributed by atoms with Crippen LogP contribution in [0.15, 0.2) is 0 Å². The first-order valence-electron chi connectivity index (χ1n) is 4.00. The van der Waals surface area contributed by atoms with Crippen LogP contribution in [-0.4, -0.2) is 46.7 Å². The third kappa shape index (κ3) is 6.51. The predicted molar refractivity (Wildman–Crippen MR) is 47.1 cm³/mol. The quantitative estimate of drug-likeness (QED) is 0.616. The van der Waals surface area contributed by atoms with Gasteiger partial charge in [-0.3, -0.25) is 4.79 Å². The van der Waals surface area contributed by atoms with Crippen molar-refractivity contribution in [2.75, 3.05) is 13.6 Å². The summed E-state index contributed by atoms with van der Waals surface area (Å²) < 4.78 is 5.12. The highest BCUT2D eigenvalue weighted by atomic mass is 16.6. The van der Waals surface area contributed by atoms with Gasteiger partial charge in [-0.05, 0) is 27.8 Å². The van der Waals surface area contributed by atoms with Gasteiger partial charge in [-0.15, -0.1) is 0 Å². The maximum atomic E-state index is 10.3. The molecule has 5 heteroatoms. The Morgan fingerprint density at radius 3 is 2.31 bits per heavy atom. The van der Waals surface area contributed by atoms with Gasteiger partial charge in [0.15, 0.2) is 0 Å². The third-order valence-corrected chi connectivity index (χ3v) is 1.22. The predicted octanol–water partition coefficient (Wildman–Crippen LogP) is 0.0938. The van der Waals surface area contributed by atoms with Crippen LogP contribution in [0.4, 0.5) is 0 Å². The molecule has 0 aliphatic heterocycles. The lowest BCUT2D eigenvalue weighted by Gasteiger charge is -2.28. The minimum Gasteiger partial charge on any atom is -0.480 e. The molecule has 0 radical (unpaired) electrons. The van der Waals surface area contributed by atoms with Crippen molar-refractivity contribution in [3.63, 3.8) is 0 Å². The van der Waals surface area contributed by atoms with Crippen molar-refractivity contribution in [2.24, 2.45) is 0 Å². The molecule has 0 aromatic rings. The van der Waals surface area contributed by atoms with Gasteiger partial charge < -0.3 is 14.9 Å². The van der Waals surface area contributed by atoms with Crippen molar-refractivity contribution in [2.45, 2.75) is 32.8 Å². The van der Waals surface area contributed by atoms with E-state index in [1.165, 1.54) is 11.9 Å². The fraction of sp³-hybridized carbons (Fsp3) is 0.875. The summed E-state index contributed by atoms with van der Waals surface area (Å²) in [5, 5.41) is 17.8. The molecule has 5 nitrogen and oxygen atoms in total. The van der Waals surface area contributed by atoms with E-state index in [0.717, 1.165) is 0 Å². The normalized spacial score (nSPS) is 14.6. The Morgan fingerprint density at radius 2 is 2.00 bits per heavy atom. The molecule has 0 aliphatic rings. The summed E-state index contributed by atoms with van der Waals surface area (Å²) in [6.07, 6.45) is -1.18. The Morgan fingerprint density at radius 1 is 1.54 bits per heavy atom. The highest BCUT2D eigenvalue weighted by Crippen LogP contribution is 2.10. The van der Waals surface area contributed by atoms with Gasteiger partial charge in [0.05, 0.1) is 5.60 Å². The number of carboxylic acids is 1. The zero-order chi connectivity index (χ0) is 10.6. The molecule has 13 heavy (non-hydrogen) atoms. The Labute approximate surface area is 77.9 Å². The minimum absolute atomic E-state index is 0.253. The summed E-state index contributed by atoms with van der Waals surface area (Å²) in [5.41, 5.74) is -0.494. The first-order chi connectivity index (χ1) is 5.72. The zero-order valence-electron chi connectivity index (χ0n) is 8.44. The second-order valence-corrected chi connectivity index (χ2v) is 3.87. The van der Waals surface area contributed by atoms with Gasteiger partial charge in [-0.25, -0.2) is 4.90 Å². The number of hydrogen-bond donors (Lipinski definition) is 2. The van der Waals surface area contributed by atoms with E-state index in [-0.39, 0.29) is 6.54 Å². The monoisotopic (exact) mass is 191 g/mol. The fourth-order valence-electron chi connectivity index (χ4n) is 0.698. The number of carboxylic acid groups (broad SMARTS) is 1. The van der Waals surface area contributed by atoms with Crippen LogP contribution in [0.5, 0.6) is 0 Å². The minimum atomic E-state index is -1.18.